The second-order valence-corrected chi connectivity index (χ2v) is 7.48. The van der Waals surface area contributed by atoms with Gasteiger partial charge in [0.1, 0.15) is 0 Å². The van der Waals surface area contributed by atoms with Crippen LogP contribution in [0.5, 0.6) is 0 Å². The quantitative estimate of drug-likeness (QED) is 0.454. The summed E-state index contributed by atoms with van der Waals surface area (Å²) in [5.41, 5.74) is 4.21. The molecule has 0 saturated heterocycles. The maximum atomic E-state index is 13.4. The van der Waals surface area contributed by atoms with Gasteiger partial charge in [0.15, 0.2) is 0 Å². The molecule has 0 fully saturated rings. The molecule has 0 unspecified atom stereocenters. The molecule has 0 saturated carbocycles. The number of carbonyl (C=O) groups excluding carboxylic acids is 1. The Hall–Kier alpha value is -3.66. The van der Waals surface area contributed by atoms with Gasteiger partial charge in [-0.15, -0.1) is 0 Å². The molecule has 1 amide bonds. The molecule has 4 heteroatoms. The van der Waals surface area contributed by atoms with Crippen molar-refractivity contribution in [1.29, 1.82) is 0 Å². The van der Waals surface area contributed by atoms with Gasteiger partial charge in [-0.25, -0.2) is 0 Å². The molecule has 1 heterocycles. The summed E-state index contributed by atoms with van der Waals surface area (Å²) in [5, 5.41) is 4.46. The highest BCUT2D eigenvalue weighted by atomic mass is 16.2. The summed E-state index contributed by atoms with van der Waals surface area (Å²) in [6, 6.07) is 30.2. The molecule has 0 aliphatic rings. The summed E-state index contributed by atoms with van der Waals surface area (Å²) in [4.78, 5) is 15.2. The predicted octanol–water partition coefficient (Wildman–Crippen LogP) is 4.72. The van der Waals surface area contributed by atoms with E-state index in [1.54, 1.807) is 4.90 Å². The largest absolute Gasteiger partial charge is 0.340 e. The lowest BCUT2D eigenvalue weighted by Crippen LogP contribution is -2.31. The van der Waals surface area contributed by atoms with Crippen LogP contribution in [0.1, 0.15) is 28.2 Å². The molecule has 0 aliphatic carbocycles. The standard InChI is InChI=1S/C26H25N3O/c1-28(18-22-17-27-29(20-22)19-21-11-5-2-6-12-21)26(30)25(23-13-7-3-8-14-23)24-15-9-4-10-16-24/h2-17,20,25H,18-19H2,1H3. The van der Waals surface area contributed by atoms with Gasteiger partial charge in [0.05, 0.1) is 18.7 Å². The third kappa shape index (κ3) is 4.66. The highest BCUT2D eigenvalue weighted by molar-refractivity contribution is 5.87. The second-order valence-electron chi connectivity index (χ2n) is 7.48. The number of hydrogen-bond donors (Lipinski definition) is 0. The van der Waals surface area contributed by atoms with E-state index in [0.29, 0.717) is 6.54 Å². The zero-order chi connectivity index (χ0) is 20.8. The van der Waals surface area contributed by atoms with Crippen molar-refractivity contribution in [1.82, 2.24) is 14.7 Å². The Labute approximate surface area is 177 Å². The average Bonchev–Trinajstić information content (AvgIpc) is 3.22. The van der Waals surface area contributed by atoms with Gasteiger partial charge in [0.25, 0.3) is 0 Å². The molecule has 30 heavy (non-hydrogen) atoms. The van der Waals surface area contributed by atoms with Crippen LogP contribution in [-0.4, -0.2) is 27.6 Å². The first kappa shape index (κ1) is 19.6. The third-order valence-corrected chi connectivity index (χ3v) is 5.18. The first-order valence-corrected chi connectivity index (χ1v) is 10.1. The molecule has 4 nitrogen and oxygen atoms in total. The summed E-state index contributed by atoms with van der Waals surface area (Å²) in [6.45, 7) is 1.24. The number of rotatable bonds is 7. The van der Waals surface area contributed by atoms with Gasteiger partial charge in [0, 0.05) is 25.4 Å². The Kier molecular flexibility index (Phi) is 6.04. The molecule has 150 valence electrons. The van der Waals surface area contributed by atoms with Crippen LogP contribution in [0.3, 0.4) is 0 Å². The van der Waals surface area contributed by atoms with E-state index in [2.05, 4.69) is 17.2 Å². The summed E-state index contributed by atoms with van der Waals surface area (Å²) >= 11 is 0. The minimum Gasteiger partial charge on any atom is -0.340 e. The van der Waals surface area contributed by atoms with Gasteiger partial charge in [-0.1, -0.05) is 91.0 Å². The van der Waals surface area contributed by atoms with Gasteiger partial charge >= 0.3 is 0 Å². The van der Waals surface area contributed by atoms with Crippen LogP contribution in [-0.2, 0) is 17.9 Å². The molecule has 4 aromatic rings. The molecule has 1 aromatic heterocycles. The Morgan fingerprint density at radius 2 is 1.37 bits per heavy atom. The highest BCUT2D eigenvalue weighted by Gasteiger charge is 2.25. The molecule has 0 bridgehead atoms. The van der Waals surface area contributed by atoms with Crippen LogP contribution < -0.4 is 0 Å². The number of nitrogens with zero attached hydrogens (tertiary/aromatic N) is 3. The Morgan fingerprint density at radius 1 is 0.833 bits per heavy atom. The fraction of sp³-hybridized carbons (Fsp3) is 0.154. The van der Waals surface area contributed by atoms with Crippen LogP contribution in [0.2, 0.25) is 0 Å². The molecule has 0 spiro atoms. The van der Waals surface area contributed by atoms with Gasteiger partial charge in [0.2, 0.25) is 5.91 Å². The maximum Gasteiger partial charge on any atom is 0.234 e. The van der Waals surface area contributed by atoms with Gasteiger partial charge in [-0.2, -0.15) is 5.10 Å². The number of likely N-dealkylation sites (N-methyl/N-ethyl adjacent to an activating group) is 1. The predicted molar refractivity (Wildman–Crippen MR) is 119 cm³/mol. The molecule has 3 aromatic carbocycles. The summed E-state index contributed by atoms with van der Waals surface area (Å²) < 4.78 is 1.91. The molecular weight excluding hydrogens is 370 g/mol. The van der Waals surface area contributed by atoms with E-state index < -0.39 is 0 Å². The highest BCUT2D eigenvalue weighted by Crippen LogP contribution is 2.27. The van der Waals surface area contributed by atoms with E-state index in [-0.39, 0.29) is 11.8 Å². The minimum absolute atomic E-state index is 0.0724. The fourth-order valence-electron chi connectivity index (χ4n) is 3.69. The lowest BCUT2D eigenvalue weighted by atomic mass is 9.90. The smallest absolute Gasteiger partial charge is 0.234 e. The van der Waals surface area contributed by atoms with Gasteiger partial charge < -0.3 is 4.90 Å². The summed E-state index contributed by atoms with van der Waals surface area (Å²) in [5.74, 6) is -0.250. The van der Waals surface area contributed by atoms with Crippen molar-refractivity contribution in [2.24, 2.45) is 0 Å². The number of carbonyl (C=O) groups is 1. The van der Waals surface area contributed by atoms with Gasteiger partial charge in [-0.05, 0) is 16.7 Å². The zero-order valence-electron chi connectivity index (χ0n) is 17.1. The monoisotopic (exact) mass is 395 g/mol. The first-order chi connectivity index (χ1) is 14.7. The fourth-order valence-corrected chi connectivity index (χ4v) is 3.69. The van der Waals surface area contributed by atoms with E-state index in [1.165, 1.54) is 5.56 Å². The van der Waals surface area contributed by atoms with E-state index in [0.717, 1.165) is 23.2 Å². The number of aromatic nitrogens is 2. The van der Waals surface area contributed by atoms with Crippen molar-refractivity contribution in [3.05, 3.63) is 126 Å². The maximum absolute atomic E-state index is 13.4. The van der Waals surface area contributed by atoms with Crippen molar-refractivity contribution in [3.8, 4) is 0 Å². The summed E-state index contributed by atoms with van der Waals surface area (Å²) in [6.07, 6.45) is 3.85. The number of amides is 1. The first-order valence-electron chi connectivity index (χ1n) is 10.1. The van der Waals surface area contributed by atoms with Crippen LogP contribution in [0.4, 0.5) is 0 Å². The Balaban J connectivity index is 1.50. The SMILES string of the molecule is CN(Cc1cnn(Cc2ccccc2)c1)C(=O)C(c1ccccc1)c1ccccc1. The second kappa shape index (κ2) is 9.23. The van der Waals surface area contributed by atoms with E-state index >= 15 is 0 Å². The zero-order valence-corrected chi connectivity index (χ0v) is 17.1. The number of hydrogen-bond acceptors (Lipinski definition) is 2. The lowest BCUT2D eigenvalue weighted by Gasteiger charge is -2.24. The van der Waals surface area contributed by atoms with Crippen LogP contribution in [0.25, 0.3) is 0 Å². The van der Waals surface area contributed by atoms with Crippen molar-refractivity contribution < 1.29 is 4.79 Å². The van der Waals surface area contributed by atoms with Crippen molar-refractivity contribution in [2.45, 2.75) is 19.0 Å². The average molecular weight is 396 g/mol. The van der Waals surface area contributed by atoms with Gasteiger partial charge in [-0.3, -0.25) is 9.48 Å². The van der Waals surface area contributed by atoms with E-state index in [4.69, 9.17) is 0 Å². The number of benzene rings is 3. The molecular formula is C26H25N3O. The van der Waals surface area contributed by atoms with E-state index in [1.807, 2.05) is 103 Å². The van der Waals surface area contributed by atoms with Crippen molar-refractivity contribution in [2.75, 3.05) is 7.05 Å². The van der Waals surface area contributed by atoms with E-state index in [9.17, 15) is 4.79 Å². The molecule has 0 radical (unpaired) electrons. The molecule has 0 atom stereocenters. The summed E-state index contributed by atoms with van der Waals surface area (Å²) in [7, 11) is 1.86. The molecule has 4 rings (SSSR count). The Bertz CT molecular complexity index is 1040. The molecule has 0 N–H and O–H groups in total. The topological polar surface area (TPSA) is 38.1 Å². The Morgan fingerprint density at radius 3 is 1.93 bits per heavy atom. The van der Waals surface area contributed by atoms with Crippen LogP contribution in [0, 0.1) is 0 Å². The normalized spacial score (nSPS) is 10.9. The van der Waals surface area contributed by atoms with Crippen LogP contribution in [0.15, 0.2) is 103 Å². The molecule has 0 aliphatic heterocycles. The van der Waals surface area contributed by atoms with Crippen LogP contribution >= 0.6 is 0 Å². The lowest BCUT2D eigenvalue weighted by molar-refractivity contribution is -0.131. The minimum atomic E-state index is -0.322. The third-order valence-electron chi connectivity index (χ3n) is 5.18. The van der Waals surface area contributed by atoms with Crippen molar-refractivity contribution in [3.63, 3.8) is 0 Å². The van der Waals surface area contributed by atoms with Crippen molar-refractivity contribution >= 4 is 5.91 Å².